The van der Waals surface area contributed by atoms with Crippen LogP contribution in [0.3, 0.4) is 0 Å². The Balaban J connectivity index is 0.992. The molecule has 13 nitrogen and oxygen atoms in total. The first kappa shape index (κ1) is 52.9. The molecule has 11 rings (SSSR count). The number of hydrogen-bond acceptors (Lipinski definition) is 13. The third-order valence-corrected chi connectivity index (χ3v) is 16.3. The number of aromatic nitrogens is 1. The number of rotatable bonds is 19. The number of β-lactam (4-membered cyclic amide) rings is 1. The van der Waals surface area contributed by atoms with Gasteiger partial charge < -0.3 is 24.4 Å². The van der Waals surface area contributed by atoms with Crippen LogP contribution in [0.25, 0.3) is 0 Å². The Morgan fingerprint density at radius 3 is 1.46 bits per heavy atom. The number of fused-ring (bicyclic) bond motifs is 1. The second-order valence-corrected chi connectivity index (χ2v) is 22.4. The van der Waals surface area contributed by atoms with Crippen molar-refractivity contribution in [2.24, 2.45) is 5.16 Å². The van der Waals surface area contributed by atoms with Crippen molar-refractivity contribution in [3.05, 3.63) is 310 Å². The predicted octanol–water partition coefficient (Wildman–Crippen LogP) is 11.2. The van der Waals surface area contributed by atoms with Gasteiger partial charge in [0.1, 0.15) is 22.6 Å². The third kappa shape index (κ3) is 10.6. The summed E-state index contributed by atoms with van der Waals surface area (Å²) in [5, 5.41) is 12.8. The minimum Gasteiger partial charge on any atom is -0.448 e. The lowest BCUT2D eigenvalue weighted by molar-refractivity contribution is -0.154. The van der Waals surface area contributed by atoms with Gasteiger partial charge in [-0.2, -0.15) is 8.42 Å². The van der Waals surface area contributed by atoms with E-state index in [-0.39, 0.29) is 22.9 Å². The van der Waals surface area contributed by atoms with Gasteiger partial charge in [-0.25, -0.2) is 9.78 Å². The maximum Gasteiger partial charge on any atom is 0.359 e. The number of nitrogens with zero attached hydrogens (tertiary/aromatic N) is 3. The summed E-state index contributed by atoms with van der Waals surface area (Å²) in [6.07, 6.45) is -0.0895. The molecule has 0 spiro atoms. The van der Waals surface area contributed by atoms with Crippen LogP contribution in [0.15, 0.2) is 265 Å². The lowest BCUT2D eigenvalue weighted by Gasteiger charge is -2.49. The topological polar surface area (TPSA) is 166 Å². The van der Waals surface area contributed by atoms with E-state index >= 15 is 4.79 Å². The van der Waals surface area contributed by atoms with Crippen LogP contribution in [0.4, 0.5) is 5.13 Å². The summed E-state index contributed by atoms with van der Waals surface area (Å²) in [5.74, 6) is -2.99. The zero-order valence-corrected chi connectivity index (χ0v) is 45.4. The fourth-order valence-corrected chi connectivity index (χ4v) is 12.7. The number of ether oxygens (including phenoxy) is 1. The Labute approximate surface area is 471 Å². The molecule has 2 atom stereocenters. The number of carbonyl (C=O) groups is 3. The van der Waals surface area contributed by atoms with Gasteiger partial charge in [-0.1, -0.05) is 248 Å². The maximum absolute atomic E-state index is 15.4. The third-order valence-electron chi connectivity index (χ3n) is 13.8. The first-order valence-electron chi connectivity index (χ1n) is 25.6. The largest absolute Gasteiger partial charge is 0.448 e. The Hall–Kier alpha value is -9.09. The van der Waals surface area contributed by atoms with Crippen molar-refractivity contribution < 1.29 is 36.6 Å². The molecule has 1 saturated heterocycles. The van der Waals surface area contributed by atoms with Crippen molar-refractivity contribution in [3.63, 3.8) is 0 Å². The summed E-state index contributed by atoms with van der Waals surface area (Å²) >= 11 is 2.37. The quantitative estimate of drug-likeness (QED) is 0.0198. The number of thiazole rings is 1. The highest BCUT2D eigenvalue weighted by atomic mass is 32.2. The summed E-state index contributed by atoms with van der Waals surface area (Å²) in [4.78, 5) is 58.0. The van der Waals surface area contributed by atoms with Gasteiger partial charge in [0.25, 0.3) is 11.8 Å². The second-order valence-electron chi connectivity index (χ2n) is 18.8. The molecule has 9 aromatic rings. The van der Waals surface area contributed by atoms with Crippen molar-refractivity contribution in [1.82, 2.24) is 15.2 Å². The van der Waals surface area contributed by atoms with Crippen LogP contribution in [0, 0.1) is 0 Å². The summed E-state index contributed by atoms with van der Waals surface area (Å²) in [7, 11) is -4.20. The highest BCUT2D eigenvalue weighted by molar-refractivity contribution is 8.00. The van der Waals surface area contributed by atoms with Crippen molar-refractivity contribution in [2.75, 3.05) is 17.3 Å². The molecule has 2 aliphatic rings. The van der Waals surface area contributed by atoms with E-state index in [4.69, 9.17) is 23.9 Å². The van der Waals surface area contributed by atoms with Crippen LogP contribution >= 0.6 is 23.1 Å². The molecule has 2 amide bonds. The maximum atomic E-state index is 15.4. The SMILES string of the molecule is CS(=O)(=O)OC1=C(C(=O)OC(c2ccccc2)c2ccccc2)N2C(=O)[C@@H](NC(=O)/C(=N/OC(c3ccccc3)(c3ccccc3)c3ccccc3)c3csc(NC(c4ccccc4)(c4ccccc4)c4ccccc4)n3)[C@H]2SC1. The Morgan fingerprint density at radius 1 is 0.625 bits per heavy atom. The number of nitrogens with one attached hydrogen (secondary N) is 2. The monoisotopic (exact) mass is 1110 g/mol. The number of thioether (sulfide) groups is 1. The van der Waals surface area contributed by atoms with Gasteiger partial charge in [-0.05, 0) is 27.8 Å². The minimum atomic E-state index is -4.20. The fourth-order valence-electron chi connectivity index (χ4n) is 10.2. The summed E-state index contributed by atoms with van der Waals surface area (Å²) in [6, 6.07) is 75.6. The Kier molecular flexibility index (Phi) is 15.3. The van der Waals surface area contributed by atoms with Gasteiger partial charge in [0.05, 0.1) is 12.0 Å². The lowest BCUT2D eigenvalue weighted by Crippen LogP contribution is -2.71. The van der Waals surface area contributed by atoms with Gasteiger partial charge in [0, 0.05) is 22.1 Å². The van der Waals surface area contributed by atoms with Crippen LogP contribution in [0.2, 0.25) is 0 Å². The van der Waals surface area contributed by atoms with Crippen molar-refractivity contribution >= 4 is 61.8 Å². The number of esters is 1. The number of hydrogen-bond donors (Lipinski definition) is 2. The highest BCUT2D eigenvalue weighted by Crippen LogP contribution is 2.45. The highest BCUT2D eigenvalue weighted by Gasteiger charge is 2.56. The van der Waals surface area contributed by atoms with E-state index in [0.29, 0.717) is 32.9 Å². The average molecular weight is 1110 g/mol. The number of carbonyl (C=O) groups excluding carboxylic acids is 3. The molecule has 1 aromatic heterocycles. The zero-order valence-electron chi connectivity index (χ0n) is 42.9. The molecule has 0 radical (unpaired) electrons. The van der Waals surface area contributed by atoms with Crippen LogP contribution in [-0.4, -0.2) is 65.2 Å². The molecular formula is C64H51N5O8S3. The molecule has 0 saturated carbocycles. The zero-order chi connectivity index (χ0) is 55.1. The second kappa shape index (κ2) is 23.1. The van der Waals surface area contributed by atoms with Crippen LogP contribution in [-0.2, 0) is 49.4 Å². The molecule has 16 heteroatoms. The fraction of sp³-hybridized carbons (Fsp3) is 0.109. The van der Waals surface area contributed by atoms with Gasteiger partial charge in [-0.15, -0.1) is 23.1 Å². The van der Waals surface area contributed by atoms with Crippen molar-refractivity contribution in [2.45, 2.75) is 28.7 Å². The summed E-state index contributed by atoms with van der Waals surface area (Å²) in [5.41, 5.74) is 3.26. The molecule has 80 heavy (non-hydrogen) atoms. The molecular weight excluding hydrogens is 1060 g/mol. The molecule has 0 aliphatic carbocycles. The van der Waals surface area contributed by atoms with Crippen molar-refractivity contribution in [3.8, 4) is 0 Å². The van der Waals surface area contributed by atoms with E-state index in [1.807, 2.05) is 158 Å². The lowest BCUT2D eigenvalue weighted by atomic mass is 9.77. The molecule has 8 aromatic carbocycles. The van der Waals surface area contributed by atoms with E-state index in [9.17, 15) is 18.0 Å². The molecule has 398 valence electrons. The average Bonchev–Trinajstić information content (AvgIpc) is 3.73. The Bertz CT molecular complexity index is 3570. The first-order valence-corrected chi connectivity index (χ1v) is 29.3. The van der Waals surface area contributed by atoms with E-state index in [1.54, 1.807) is 53.9 Å². The van der Waals surface area contributed by atoms with Crippen LogP contribution < -0.4 is 10.6 Å². The van der Waals surface area contributed by atoms with Crippen molar-refractivity contribution in [1.29, 1.82) is 0 Å². The van der Waals surface area contributed by atoms with E-state index in [0.717, 1.165) is 39.6 Å². The van der Waals surface area contributed by atoms with E-state index in [1.165, 1.54) is 11.3 Å². The molecule has 0 unspecified atom stereocenters. The Morgan fingerprint density at radius 2 is 1.04 bits per heavy atom. The number of anilines is 1. The summed E-state index contributed by atoms with van der Waals surface area (Å²) < 4.78 is 37.1. The van der Waals surface area contributed by atoms with Gasteiger partial charge in [-0.3, -0.25) is 14.5 Å². The number of amides is 2. The molecule has 2 N–H and O–H groups in total. The molecule has 2 aliphatic heterocycles. The van der Waals surface area contributed by atoms with Gasteiger partial charge in [0.15, 0.2) is 28.4 Å². The normalized spacial score (nSPS) is 15.6. The van der Waals surface area contributed by atoms with E-state index < -0.39 is 62.3 Å². The van der Waals surface area contributed by atoms with E-state index in [2.05, 4.69) is 47.0 Å². The van der Waals surface area contributed by atoms with Gasteiger partial charge in [0.2, 0.25) is 5.60 Å². The number of oxime groups is 1. The molecule has 3 heterocycles. The predicted molar refractivity (Wildman–Crippen MR) is 311 cm³/mol. The smallest absolute Gasteiger partial charge is 0.359 e. The van der Waals surface area contributed by atoms with Crippen LogP contribution in [0.5, 0.6) is 0 Å². The summed E-state index contributed by atoms with van der Waals surface area (Å²) in [6.45, 7) is 0. The first-order chi connectivity index (χ1) is 39.0. The minimum absolute atomic E-state index is 0.127. The molecule has 0 bridgehead atoms. The standard InChI is InChI=1S/C64H51N5O8S3/c1-80(73,74)76-53-43-78-60-55(59(71)69(60)56(53)61(72)75-57(44-26-10-2-11-27-44)45-28-12-3-13-29-45)66-58(70)54(68-77-64(49-36-20-7-21-37-49,50-38-22-8-23-39-50)51-40-24-9-25-41-51)52-42-79-62(65-52)67-63(46-30-14-4-15-31-46,47-32-16-5-17-33-47)48-34-18-6-19-35-48/h2-42,55,57,60H,43H2,1H3,(H,65,67)(H,66,70)/b68-54+/t55-,60-/m1/s1. The molecule has 1 fully saturated rings. The number of benzene rings is 8. The van der Waals surface area contributed by atoms with Crippen LogP contribution in [0.1, 0.15) is 56.3 Å². The van der Waals surface area contributed by atoms with Gasteiger partial charge >= 0.3 is 16.1 Å².